The molecule has 1 N–H and O–H groups in total. The average Bonchev–Trinajstić information content (AvgIpc) is 2.90. The summed E-state index contributed by atoms with van der Waals surface area (Å²) in [6.07, 6.45) is 5.25. The molecule has 0 radical (unpaired) electrons. The van der Waals surface area contributed by atoms with Crippen molar-refractivity contribution in [2.24, 2.45) is 0 Å². The van der Waals surface area contributed by atoms with E-state index < -0.39 is 5.60 Å². The van der Waals surface area contributed by atoms with E-state index in [0.29, 0.717) is 13.0 Å². The van der Waals surface area contributed by atoms with Gasteiger partial charge in [0.15, 0.2) is 0 Å². The number of likely N-dealkylation sites (N-methyl/N-ethyl adjacent to an activating group) is 1. The van der Waals surface area contributed by atoms with Gasteiger partial charge in [0.05, 0.1) is 5.60 Å². The van der Waals surface area contributed by atoms with Crippen molar-refractivity contribution in [3.05, 3.63) is 30.3 Å². The highest BCUT2D eigenvalue weighted by molar-refractivity contribution is 7.99. The lowest BCUT2D eigenvalue weighted by atomic mass is 10.0. The fourth-order valence-corrected chi connectivity index (χ4v) is 3.72. The quantitative estimate of drug-likeness (QED) is 0.620. The zero-order valence-electron chi connectivity index (χ0n) is 12.8. The third-order valence-electron chi connectivity index (χ3n) is 4.04. The van der Waals surface area contributed by atoms with E-state index >= 15 is 0 Å². The minimum Gasteiger partial charge on any atom is -0.388 e. The second-order valence-electron chi connectivity index (χ2n) is 5.95. The number of nitrogens with zero attached hydrogens (tertiary/aromatic N) is 1. The van der Waals surface area contributed by atoms with E-state index in [0.717, 1.165) is 37.9 Å². The lowest BCUT2D eigenvalue weighted by Gasteiger charge is -2.28. The number of hydrogen-bond acceptors (Lipinski definition) is 3. The van der Waals surface area contributed by atoms with Gasteiger partial charge in [0.25, 0.3) is 0 Å². The Labute approximate surface area is 131 Å². The maximum Gasteiger partial charge on any atom is 0.222 e. The molecule has 21 heavy (non-hydrogen) atoms. The van der Waals surface area contributed by atoms with Crippen molar-refractivity contribution >= 4 is 17.7 Å². The molecule has 116 valence electrons. The first kappa shape index (κ1) is 16.4. The van der Waals surface area contributed by atoms with Gasteiger partial charge in [0.2, 0.25) is 5.91 Å². The van der Waals surface area contributed by atoms with Crippen molar-refractivity contribution in [2.45, 2.75) is 49.0 Å². The topological polar surface area (TPSA) is 40.5 Å². The van der Waals surface area contributed by atoms with Gasteiger partial charge in [0, 0.05) is 24.9 Å². The van der Waals surface area contributed by atoms with Gasteiger partial charge < -0.3 is 10.0 Å². The van der Waals surface area contributed by atoms with Gasteiger partial charge in [-0.05, 0) is 37.1 Å². The maximum absolute atomic E-state index is 12.1. The number of hydrogen-bond donors (Lipinski definition) is 1. The Bertz CT molecular complexity index is 443. The highest BCUT2D eigenvalue weighted by Crippen LogP contribution is 2.30. The van der Waals surface area contributed by atoms with Gasteiger partial charge in [-0.3, -0.25) is 4.79 Å². The van der Waals surface area contributed by atoms with Gasteiger partial charge in [-0.15, -0.1) is 11.8 Å². The van der Waals surface area contributed by atoms with Crippen LogP contribution >= 0.6 is 11.8 Å². The van der Waals surface area contributed by atoms with Crippen LogP contribution in [0.15, 0.2) is 35.2 Å². The first-order chi connectivity index (χ1) is 10.1. The van der Waals surface area contributed by atoms with Crippen molar-refractivity contribution in [2.75, 3.05) is 19.3 Å². The number of thioether (sulfide) groups is 1. The third kappa shape index (κ3) is 5.36. The number of amides is 1. The molecule has 0 atom stereocenters. The van der Waals surface area contributed by atoms with Crippen molar-refractivity contribution in [3.8, 4) is 0 Å². The van der Waals surface area contributed by atoms with E-state index in [2.05, 4.69) is 12.1 Å². The van der Waals surface area contributed by atoms with Gasteiger partial charge >= 0.3 is 0 Å². The van der Waals surface area contributed by atoms with Gasteiger partial charge in [0.1, 0.15) is 0 Å². The molecule has 4 heteroatoms. The van der Waals surface area contributed by atoms with Crippen molar-refractivity contribution in [1.82, 2.24) is 4.90 Å². The number of carbonyl (C=O) groups is 1. The number of aliphatic hydroxyl groups is 1. The fraction of sp³-hybridized carbons (Fsp3) is 0.588. The van der Waals surface area contributed by atoms with E-state index in [1.54, 1.807) is 16.7 Å². The molecule has 0 unspecified atom stereocenters. The molecule has 0 aliphatic heterocycles. The molecule has 0 spiro atoms. The highest BCUT2D eigenvalue weighted by atomic mass is 32.2. The zero-order valence-corrected chi connectivity index (χ0v) is 13.6. The van der Waals surface area contributed by atoms with Crippen molar-refractivity contribution in [1.29, 1.82) is 0 Å². The minimum atomic E-state index is -0.636. The molecule has 2 rings (SSSR count). The maximum atomic E-state index is 12.1. The van der Waals surface area contributed by atoms with Crippen LogP contribution in [-0.4, -0.2) is 40.9 Å². The molecule has 1 aromatic rings. The van der Waals surface area contributed by atoms with Crippen LogP contribution in [0.25, 0.3) is 0 Å². The molecule has 1 aliphatic rings. The normalized spacial score (nSPS) is 16.9. The van der Waals surface area contributed by atoms with Gasteiger partial charge in [-0.25, -0.2) is 0 Å². The van der Waals surface area contributed by atoms with Crippen molar-refractivity contribution < 1.29 is 9.90 Å². The van der Waals surface area contributed by atoms with Crippen LogP contribution in [0.5, 0.6) is 0 Å². The average molecular weight is 307 g/mol. The van der Waals surface area contributed by atoms with Crippen LogP contribution in [0.4, 0.5) is 0 Å². The lowest BCUT2D eigenvalue weighted by molar-refractivity contribution is -0.133. The minimum absolute atomic E-state index is 0.143. The summed E-state index contributed by atoms with van der Waals surface area (Å²) < 4.78 is 0. The van der Waals surface area contributed by atoms with E-state index in [1.165, 1.54) is 4.90 Å². The second kappa shape index (κ2) is 7.85. The summed E-state index contributed by atoms with van der Waals surface area (Å²) in [5.74, 6) is 1.09. The third-order valence-corrected chi connectivity index (χ3v) is 5.14. The summed E-state index contributed by atoms with van der Waals surface area (Å²) >= 11 is 1.79. The zero-order chi connectivity index (χ0) is 15.1. The predicted molar refractivity (Wildman–Crippen MR) is 87.5 cm³/mol. The summed E-state index contributed by atoms with van der Waals surface area (Å²) in [4.78, 5) is 15.0. The summed E-state index contributed by atoms with van der Waals surface area (Å²) in [7, 11) is 1.81. The van der Waals surface area contributed by atoms with E-state index in [9.17, 15) is 9.90 Å². The smallest absolute Gasteiger partial charge is 0.222 e. The monoisotopic (exact) mass is 307 g/mol. The Kier molecular flexibility index (Phi) is 6.12. The SMILES string of the molecule is CN(CC1(O)CCCC1)C(=O)CCCSc1ccccc1. The number of carbonyl (C=O) groups excluding carboxylic acids is 1. The predicted octanol–water partition coefficient (Wildman–Crippen LogP) is 3.32. The van der Waals surface area contributed by atoms with Crippen LogP contribution in [0.1, 0.15) is 38.5 Å². The Hall–Kier alpha value is -1.00. The van der Waals surface area contributed by atoms with Crippen molar-refractivity contribution in [3.63, 3.8) is 0 Å². The first-order valence-electron chi connectivity index (χ1n) is 7.73. The molecular formula is C17H25NO2S. The molecule has 1 amide bonds. The van der Waals surface area contributed by atoms with Crippen LogP contribution in [0.3, 0.4) is 0 Å². The summed E-state index contributed by atoms with van der Waals surface area (Å²) in [6, 6.07) is 10.3. The largest absolute Gasteiger partial charge is 0.388 e. The fourth-order valence-electron chi connectivity index (χ4n) is 2.84. The van der Waals surface area contributed by atoms with Gasteiger partial charge in [-0.2, -0.15) is 0 Å². The van der Waals surface area contributed by atoms with Crippen LogP contribution in [0, 0.1) is 0 Å². The molecule has 1 fully saturated rings. The van der Waals surface area contributed by atoms with Crippen LogP contribution < -0.4 is 0 Å². The van der Waals surface area contributed by atoms with E-state index in [4.69, 9.17) is 0 Å². The Morgan fingerprint density at radius 1 is 1.29 bits per heavy atom. The summed E-state index contributed by atoms with van der Waals surface area (Å²) in [5.41, 5.74) is -0.636. The Balaban J connectivity index is 1.64. The highest BCUT2D eigenvalue weighted by Gasteiger charge is 2.33. The summed E-state index contributed by atoms with van der Waals surface area (Å²) in [6.45, 7) is 0.484. The molecular weight excluding hydrogens is 282 g/mol. The summed E-state index contributed by atoms with van der Waals surface area (Å²) in [5, 5.41) is 10.3. The van der Waals surface area contributed by atoms with E-state index in [-0.39, 0.29) is 5.91 Å². The van der Waals surface area contributed by atoms with Crippen LogP contribution in [0.2, 0.25) is 0 Å². The van der Waals surface area contributed by atoms with Gasteiger partial charge in [-0.1, -0.05) is 31.0 Å². The number of rotatable bonds is 7. The molecule has 0 heterocycles. The Morgan fingerprint density at radius 2 is 1.95 bits per heavy atom. The molecule has 1 aliphatic carbocycles. The molecule has 0 aromatic heterocycles. The molecule has 0 saturated heterocycles. The van der Waals surface area contributed by atoms with Crippen LogP contribution in [-0.2, 0) is 4.79 Å². The molecule has 1 saturated carbocycles. The standard InChI is InChI=1S/C17H25NO2S/c1-18(14-17(20)11-5-6-12-17)16(19)10-7-13-21-15-8-3-2-4-9-15/h2-4,8-9,20H,5-7,10-14H2,1H3. The van der Waals surface area contributed by atoms with E-state index in [1.807, 2.05) is 25.2 Å². The Morgan fingerprint density at radius 3 is 2.62 bits per heavy atom. The number of benzene rings is 1. The molecule has 1 aromatic carbocycles. The first-order valence-corrected chi connectivity index (χ1v) is 8.72. The second-order valence-corrected chi connectivity index (χ2v) is 7.11. The molecule has 3 nitrogen and oxygen atoms in total. The lowest BCUT2D eigenvalue weighted by Crippen LogP contribution is -2.42. The molecule has 0 bridgehead atoms.